The lowest BCUT2D eigenvalue weighted by Crippen LogP contribution is -2.28. The second kappa shape index (κ2) is 7.62. The van der Waals surface area contributed by atoms with Gasteiger partial charge in [0.05, 0.1) is 12.7 Å². The molecule has 1 N–H and O–H groups in total. The zero-order valence-electron chi connectivity index (χ0n) is 10.7. The highest BCUT2D eigenvalue weighted by Gasteiger charge is 2.19. The Morgan fingerprint density at radius 1 is 1.44 bits per heavy atom. The molecule has 0 spiro atoms. The Morgan fingerprint density at radius 3 is 3.22 bits per heavy atom. The molecule has 1 aliphatic heterocycles. The van der Waals surface area contributed by atoms with Crippen LogP contribution in [0, 0.1) is 0 Å². The predicted molar refractivity (Wildman–Crippen MR) is 79.2 cm³/mol. The van der Waals surface area contributed by atoms with Crippen molar-refractivity contribution in [2.45, 2.75) is 12.5 Å². The van der Waals surface area contributed by atoms with Gasteiger partial charge in [-0.2, -0.15) is 11.8 Å². The molecular weight excluding hydrogens is 242 g/mol. The molecule has 1 aromatic rings. The van der Waals surface area contributed by atoms with Gasteiger partial charge in [-0.1, -0.05) is 30.3 Å². The minimum atomic E-state index is 0.222. The molecule has 2 nitrogen and oxygen atoms in total. The first-order valence-electron chi connectivity index (χ1n) is 6.50. The highest BCUT2D eigenvalue weighted by Crippen LogP contribution is 2.26. The third-order valence-corrected chi connectivity index (χ3v) is 4.05. The SMILES string of the molecule is C=CCSCCNCC1OCCc2ccccc21. The van der Waals surface area contributed by atoms with Gasteiger partial charge >= 0.3 is 0 Å². The number of rotatable bonds is 7. The molecule has 0 radical (unpaired) electrons. The number of benzene rings is 1. The van der Waals surface area contributed by atoms with Crippen LogP contribution in [0.5, 0.6) is 0 Å². The summed E-state index contributed by atoms with van der Waals surface area (Å²) < 4.78 is 5.85. The maximum Gasteiger partial charge on any atom is 0.0952 e. The molecule has 2 rings (SSSR count). The Hall–Kier alpha value is -0.770. The van der Waals surface area contributed by atoms with Crippen LogP contribution < -0.4 is 5.32 Å². The zero-order chi connectivity index (χ0) is 12.6. The van der Waals surface area contributed by atoms with E-state index in [1.54, 1.807) is 0 Å². The van der Waals surface area contributed by atoms with Gasteiger partial charge in [-0.25, -0.2) is 0 Å². The van der Waals surface area contributed by atoms with Crippen LogP contribution in [0.15, 0.2) is 36.9 Å². The second-order valence-corrected chi connectivity index (χ2v) is 5.53. The molecule has 0 bridgehead atoms. The van der Waals surface area contributed by atoms with E-state index in [0.29, 0.717) is 0 Å². The lowest BCUT2D eigenvalue weighted by atomic mass is 9.98. The van der Waals surface area contributed by atoms with E-state index >= 15 is 0 Å². The third kappa shape index (κ3) is 3.87. The van der Waals surface area contributed by atoms with Crippen LogP contribution in [0.1, 0.15) is 17.2 Å². The number of hydrogen-bond donors (Lipinski definition) is 1. The van der Waals surface area contributed by atoms with E-state index in [-0.39, 0.29) is 6.10 Å². The normalized spacial score (nSPS) is 18.3. The summed E-state index contributed by atoms with van der Waals surface area (Å²) in [5.74, 6) is 2.16. The fourth-order valence-corrected chi connectivity index (χ4v) is 2.81. The van der Waals surface area contributed by atoms with Crippen molar-refractivity contribution in [3.63, 3.8) is 0 Å². The highest BCUT2D eigenvalue weighted by molar-refractivity contribution is 7.99. The van der Waals surface area contributed by atoms with Gasteiger partial charge in [-0.15, -0.1) is 6.58 Å². The third-order valence-electron chi connectivity index (χ3n) is 3.08. The Labute approximate surface area is 114 Å². The van der Waals surface area contributed by atoms with Crippen molar-refractivity contribution in [2.75, 3.05) is 31.2 Å². The van der Waals surface area contributed by atoms with Crippen LogP contribution in [-0.4, -0.2) is 31.2 Å². The average Bonchev–Trinajstić information content (AvgIpc) is 2.43. The maximum atomic E-state index is 5.85. The molecule has 0 saturated carbocycles. The average molecular weight is 263 g/mol. The monoisotopic (exact) mass is 263 g/mol. The van der Waals surface area contributed by atoms with Crippen molar-refractivity contribution in [1.82, 2.24) is 5.32 Å². The number of thioether (sulfide) groups is 1. The summed E-state index contributed by atoms with van der Waals surface area (Å²) in [5.41, 5.74) is 2.80. The molecule has 0 amide bonds. The first-order chi connectivity index (χ1) is 8.92. The van der Waals surface area contributed by atoms with Gasteiger partial charge in [0.1, 0.15) is 0 Å². The molecule has 0 aromatic heterocycles. The van der Waals surface area contributed by atoms with Gasteiger partial charge < -0.3 is 10.1 Å². The maximum absolute atomic E-state index is 5.85. The van der Waals surface area contributed by atoms with Crippen molar-refractivity contribution in [1.29, 1.82) is 0 Å². The first kappa shape index (κ1) is 13.7. The van der Waals surface area contributed by atoms with Crippen LogP contribution in [0.3, 0.4) is 0 Å². The Morgan fingerprint density at radius 2 is 2.33 bits per heavy atom. The Bertz CT molecular complexity index is 381. The molecule has 0 saturated heterocycles. The molecule has 0 fully saturated rings. The Balaban J connectivity index is 1.75. The van der Waals surface area contributed by atoms with Gasteiger partial charge in [-0.3, -0.25) is 0 Å². The number of fused-ring (bicyclic) bond motifs is 1. The minimum Gasteiger partial charge on any atom is -0.372 e. The lowest BCUT2D eigenvalue weighted by molar-refractivity contribution is 0.0430. The summed E-state index contributed by atoms with van der Waals surface area (Å²) in [6, 6.07) is 8.61. The predicted octanol–water partition coefficient (Wildman–Crippen LogP) is 2.81. The van der Waals surface area contributed by atoms with Gasteiger partial charge in [0, 0.05) is 24.6 Å². The van der Waals surface area contributed by atoms with Crippen molar-refractivity contribution in [3.8, 4) is 0 Å². The van der Waals surface area contributed by atoms with E-state index in [2.05, 4.69) is 36.2 Å². The minimum absolute atomic E-state index is 0.222. The van der Waals surface area contributed by atoms with Crippen LogP contribution in [0.25, 0.3) is 0 Å². The standard InChI is InChI=1S/C15H21NOS/c1-2-10-18-11-8-16-12-15-14-6-4-3-5-13(14)7-9-17-15/h2-6,15-16H,1,7-12H2. The molecule has 1 unspecified atom stereocenters. The van der Waals surface area contributed by atoms with Crippen LogP contribution in [-0.2, 0) is 11.2 Å². The van der Waals surface area contributed by atoms with E-state index in [1.807, 2.05) is 17.8 Å². The molecule has 1 atom stereocenters. The van der Waals surface area contributed by atoms with Crippen molar-refractivity contribution in [3.05, 3.63) is 48.0 Å². The van der Waals surface area contributed by atoms with Gasteiger partial charge in [0.2, 0.25) is 0 Å². The molecule has 0 aliphatic carbocycles. The number of nitrogens with one attached hydrogen (secondary N) is 1. The fourth-order valence-electron chi connectivity index (χ4n) is 2.19. The summed E-state index contributed by atoms with van der Waals surface area (Å²) >= 11 is 1.90. The fraction of sp³-hybridized carbons (Fsp3) is 0.467. The van der Waals surface area contributed by atoms with E-state index in [0.717, 1.165) is 37.6 Å². The summed E-state index contributed by atoms with van der Waals surface area (Å²) in [7, 11) is 0. The molecule has 3 heteroatoms. The van der Waals surface area contributed by atoms with Crippen LogP contribution in [0.4, 0.5) is 0 Å². The summed E-state index contributed by atoms with van der Waals surface area (Å²) in [6.45, 7) is 6.49. The zero-order valence-corrected chi connectivity index (χ0v) is 11.5. The van der Waals surface area contributed by atoms with Gasteiger partial charge in [0.25, 0.3) is 0 Å². The molecule has 1 heterocycles. The quantitative estimate of drug-likeness (QED) is 0.604. The molecule has 98 valence electrons. The van der Waals surface area contributed by atoms with Crippen molar-refractivity contribution >= 4 is 11.8 Å². The molecule has 1 aromatic carbocycles. The van der Waals surface area contributed by atoms with E-state index in [1.165, 1.54) is 11.1 Å². The van der Waals surface area contributed by atoms with Crippen molar-refractivity contribution in [2.24, 2.45) is 0 Å². The summed E-state index contributed by atoms with van der Waals surface area (Å²) in [5, 5.41) is 3.47. The van der Waals surface area contributed by atoms with Crippen molar-refractivity contribution < 1.29 is 4.74 Å². The van der Waals surface area contributed by atoms with Gasteiger partial charge in [-0.05, 0) is 17.5 Å². The first-order valence-corrected chi connectivity index (χ1v) is 7.66. The van der Waals surface area contributed by atoms with Gasteiger partial charge in [0.15, 0.2) is 0 Å². The lowest BCUT2D eigenvalue weighted by Gasteiger charge is -2.26. The number of hydrogen-bond acceptors (Lipinski definition) is 3. The van der Waals surface area contributed by atoms with Crippen LogP contribution in [0.2, 0.25) is 0 Å². The van der Waals surface area contributed by atoms with Crippen LogP contribution >= 0.6 is 11.8 Å². The molecular formula is C15H21NOS. The molecule has 1 aliphatic rings. The van der Waals surface area contributed by atoms with E-state index in [4.69, 9.17) is 4.74 Å². The second-order valence-electron chi connectivity index (χ2n) is 4.38. The number of ether oxygens (including phenoxy) is 1. The molecule has 18 heavy (non-hydrogen) atoms. The smallest absolute Gasteiger partial charge is 0.0952 e. The Kier molecular flexibility index (Phi) is 5.78. The summed E-state index contributed by atoms with van der Waals surface area (Å²) in [4.78, 5) is 0. The van der Waals surface area contributed by atoms with E-state index in [9.17, 15) is 0 Å². The van der Waals surface area contributed by atoms with E-state index < -0.39 is 0 Å². The highest BCUT2D eigenvalue weighted by atomic mass is 32.2. The largest absolute Gasteiger partial charge is 0.372 e. The summed E-state index contributed by atoms with van der Waals surface area (Å²) in [6.07, 6.45) is 3.21. The topological polar surface area (TPSA) is 21.3 Å².